The molecule has 0 bridgehead atoms. The molecule has 2 N–H and O–H groups in total. The average Bonchev–Trinajstić information content (AvgIpc) is 2.95. The summed E-state index contributed by atoms with van der Waals surface area (Å²) < 4.78 is 5.30. The second kappa shape index (κ2) is 8.70. The predicted octanol–water partition coefficient (Wildman–Crippen LogP) is 3.35. The van der Waals surface area contributed by atoms with Gasteiger partial charge in [0.15, 0.2) is 0 Å². The molecule has 1 aliphatic rings. The van der Waals surface area contributed by atoms with Crippen LogP contribution in [0.25, 0.3) is 0 Å². The van der Waals surface area contributed by atoms with Gasteiger partial charge in [-0.2, -0.15) is 0 Å². The molecule has 21 heavy (non-hydrogen) atoms. The summed E-state index contributed by atoms with van der Waals surface area (Å²) in [5.41, 5.74) is 0. The number of nitrogens with one attached hydrogen (secondary N) is 1. The molecule has 5 nitrogen and oxygen atoms in total. The zero-order valence-electron chi connectivity index (χ0n) is 13.0. The van der Waals surface area contributed by atoms with Crippen molar-refractivity contribution < 1.29 is 19.4 Å². The molecule has 0 spiro atoms. The fourth-order valence-corrected chi connectivity index (χ4v) is 2.73. The van der Waals surface area contributed by atoms with Crippen LogP contribution >= 0.6 is 0 Å². The van der Waals surface area contributed by atoms with Crippen LogP contribution in [-0.2, 0) is 9.53 Å². The van der Waals surface area contributed by atoms with Gasteiger partial charge in [-0.25, -0.2) is 9.59 Å². The summed E-state index contributed by atoms with van der Waals surface area (Å²) in [6, 6.07) is -0.837. The fourth-order valence-electron chi connectivity index (χ4n) is 2.73. The Labute approximate surface area is 126 Å². The molecule has 1 saturated carbocycles. The van der Waals surface area contributed by atoms with Crippen molar-refractivity contribution in [3.05, 3.63) is 12.7 Å². The Balaban J connectivity index is 2.46. The first-order valence-corrected chi connectivity index (χ1v) is 7.76. The maximum absolute atomic E-state index is 11.9. The SMILES string of the molecule is C=CCCC(C)C(C)OC(=O)N[C@H](C(=O)O)C1CCCC1. The third-order valence-electron chi connectivity index (χ3n) is 4.33. The highest BCUT2D eigenvalue weighted by molar-refractivity contribution is 5.80. The molecule has 0 saturated heterocycles. The Hall–Kier alpha value is -1.52. The molecule has 0 heterocycles. The van der Waals surface area contributed by atoms with Crippen molar-refractivity contribution in [1.82, 2.24) is 5.32 Å². The lowest BCUT2D eigenvalue weighted by Crippen LogP contribution is -2.46. The van der Waals surface area contributed by atoms with Gasteiger partial charge >= 0.3 is 12.1 Å². The Morgan fingerprint density at radius 1 is 1.38 bits per heavy atom. The number of ether oxygens (including phenoxy) is 1. The highest BCUT2D eigenvalue weighted by Crippen LogP contribution is 2.28. The normalized spacial score (nSPS) is 19.5. The number of rotatable bonds is 8. The third kappa shape index (κ3) is 5.78. The van der Waals surface area contributed by atoms with Crippen molar-refractivity contribution in [1.29, 1.82) is 0 Å². The van der Waals surface area contributed by atoms with Crippen molar-refractivity contribution in [2.24, 2.45) is 11.8 Å². The van der Waals surface area contributed by atoms with E-state index in [-0.39, 0.29) is 17.9 Å². The number of carboxylic acid groups (broad SMARTS) is 1. The number of hydrogen-bond donors (Lipinski definition) is 2. The van der Waals surface area contributed by atoms with Crippen LogP contribution in [0.5, 0.6) is 0 Å². The van der Waals surface area contributed by atoms with Gasteiger partial charge in [0.05, 0.1) is 0 Å². The first-order valence-electron chi connectivity index (χ1n) is 7.76. The van der Waals surface area contributed by atoms with E-state index < -0.39 is 18.1 Å². The van der Waals surface area contributed by atoms with E-state index in [1.807, 2.05) is 19.9 Å². The molecule has 1 amide bonds. The van der Waals surface area contributed by atoms with Crippen molar-refractivity contribution in [2.75, 3.05) is 0 Å². The molecule has 1 fully saturated rings. The Morgan fingerprint density at radius 2 is 2.00 bits per heavy atom. The maximum atomic E-state index is 11.9. The highest BCUT2D eigenvalue weighted by atomic mass is 16.6. The molecule has 0 aliphatic heterocycles. The summed E-state index contributed by atoms with van der Waals surface area (Å²) in [7, 11) is 0. The van der Waals surface area contributed by atoms with E-state index in [1.165, 1.54) is 0 Å². The smallest absolute Gasteiger partial charge is 0.408 e. The third-order valence-corrected chi connectivity index (χ3v) is 4.33. The molecule has 1 aliphatic carbocycles. The van der Waals surface area contributed by atoms with Crippen LogP contribution in [0.15, 0.2) is 12.7 Å². The number of carbonyl (C=O) groups excluding carboxylic acids is 1. The summed E-state index contributed by atoms with van der Waals surface area (Å²) in [5.74, 6) is -0.752. The molecule has 0 radical (unpaired) electrons. The van der Waals surface area contributed by atoms with E-state index in [0.717, 1.165) is 38.5 Å². The zero-order valence-corrected chi connectivity index (χ0v) is 13.0. The van der Waals surface area contributed by atoms with Gasteiger partial charge in [0, 0.05) is 0 Å². The minimum Gasteiger partial charge on any atom is -0.480 e. The average molecular weight is 297 g/mol. The molecule has 5 heteroatoms. The minimum absolute atomic E-state index is 0.0172. The summed E-state index contributed by atoms with van der Waals surface area (Å²) >= 11 is 0. The number of alkyl carbamates (subject to hydrolysis) is 1. The molecule has 0 aromatic rings. The number of amides is 1. The number of allylic oxidation sites excluding steroid dienone is 1. The highest BCUT2D eigenvalue weighted by Gasteiger charge is 2.32. The zero-order chi connectivity index (χ0) is 15.8. The van der Waals surface area contributed by atoms with E-state index in [1.54, 1.807) is 0 Å². The van der Waals surface area contributed by atoms with Crippen LogP contribution in [0.3, 0.4) is 0 Å². The molecule has 2 unspecified atom stereocenters. The predicted molar refractivity (Wildman–Crippen MR) is 81.1 cm³/mol. The Kier molecular flexibility index (Phi) is 7.26. The maximum Gasteiger partial charge on any atom is 0.408 e. The first-order chi connectivity index (χ1) is 9.95. The first kappa shape index (κ1) is 17.5. The van der Waals surface area contributed by atoms with Gasteiger partial charge in [-0.15, -0.1) is 6.58 Å². The van der Waals surface area contributed by atoms with Crippen molar-refractivity contribution in [3.63, 3.8) is 0 Å². The van der Waals surface area contributed by atoms with Gasteiger partial charge in [-0.05, 0) is 44.4 Å². The summed E-state index contributed by atoms with van der Waals surface area (Å²) in [5, 5.41) is 11.8. The molecule has 120 valence electrons. The molecular formula is C16H27NO4. The number of carboxylic acids is 1. The van der Waals surface area contributed by atoms with Crippen molar-refractivity contribution in [3.8, 4) is 0 Å². The van der Waals surface area contributed by atoms with Gasteiger partial charge in [-0.1, -0.05) is 25.8 Å². The topological polar surface area (TPSA) is 75.6 Å². The quantitative estimate of drug-likeness (QED) is 0.674. The number of carbonyl (C=O) groups is 2. The standard InChI is InChI=1S/C16H27NO4/c1-4-5-8-11(2)12(3)21-16(20)17-14(15(18)19)13-9-6-7-10-13/h4,11-14H,1,5-10H2,2-3H3,(H,17,20)(H,18,19)/t11?,12?,14-/m0/s1. The molecule has 0 aromatic heterocycles. The van der Waals surface area contributed by atoms with Crippen molar-refractivity contribution >= 4 is 12.1 Å². The largest absolute Gasteiger partial charge is 0.480 e. The van der Waals surface area contributed by atoms with Gasteiger partial charge in [0.1, 0.15) is 12.1 Å². The van der Waals surface area contributed by atoms with E-state index in [9.17, 15) is 14.7 Å². The van der Waals surface area contributed by atoms with E-state index >= 15 is 0 Å². The van der Waals surface area contributed by atoms with E-state index in [2.05, 4.69) is 11.9 Å². The monoisotopic (exact) mass is 297 g/mol. The number of hydrogen-bond acceptors (Lipinski definition) is 3. The lowest BCUT2D eigenvalue weighted by Gasteiger charge is -2.24. The second-order valence-electron chi connectivity index (χ2n) is 5.96. The lowest BCUT2D eigenvalue weighted by molar-refractivity contribution is -0.140. The summed E-state index contributed by atoms with van der Waals surface area (Å²) in [6.45, 7) is 7.51. The molecule has 0 aromatic carbocycles. The molecule has 3 atom stereocenters. The summed E-state index contributed by atoms with van der Waals surface area (Å²) in [6.07, 6.45) is 6.48. The molecule has 1 rings (SSSR count). The van der Waals surface area contributed by atoms with Gasteiger partial charge in [0.25, 0.3) is 0 Å². The second-order valence-corrected chi connectivity index (χ2v) is 5.96. The van der Waals surface area contributed by atoms with E-state index in [4.69, 9.17) is 4.74 Å². The Bertz CT molecular complexity index is 363. The van der Waals surface area contributed by atoms with Gasteiger partial charge < -0.3 is 15.2 Å². The van der Waals surface area contributed by atoms with Crippen LogP contribution in [0.2, 0.25) is 0 Å². The van der Waals surface area contributed by atoms with Crippen LogP contribution in [0.1, 0.15) is 52.4 Å². The van der Waals surface area contributed by atoms with Gasteiger partial charge in [0.2, 0.25) is 0 Å². The van der Waals surface area contributed by atoms with Crippen molar-refractivity contribution in [2.45, 2.75) is 64.5 Å². The summed E-state index contributed by atoms with van der Waals surface area (Å²) in [4.78, 5) is 23.2. The number of aliphatic carboxylic acids is 1. The van der Waals surface area contributed by atoms with E-state index in [0.29, 0.717) is 0 Å². The van der Waals surface area contributed by atoms with Gasteiger partial charge in [-0.3, -0.25) is 0 Å². The van der Waals surface area contributed by atoms with Crippen LogP contribution in [0, 0.1) is 11.8 Å². The Morgan fingerprint density at radius 3 is 2.52 bits per heavy atom. The minimum atomic E-state index is -0.980. The van der Waals surface area contributed by atoms with Crippen LogP contribution in [0.4, 0.5) is 4.79 Å². The van der Waals surface area contributed by atoms with Crippen LogP contribution in [-0.4, -0.2) is 29.3 Å². The molecular weight excluding hydrogens is 270 g/mol. The lowest BCUT2D eigenvalue weighted by atomic mass is 9.98. The van der Waals surface area contributed by atoms with Crippen LogP contribution < -0.4 is 5.32 Å². The fraction of sp³-hybridized carbons (Fsp3) is 0.750.